The molecular formula is C17H28N2O2. The Hall–Kier alpha value is -1.26. The van der Waals surface area contributed by atoms with E-state index in [0.29, 0.717) is 12.5 Å². The van der Waals surface area contributed by atoms with Crippen LogP contribution < -0.4 is 15.2 Å². The lowest BCUT2D eigenvalue weighted by molar-refractivity contribution is 0.111. The molecule has 1 aliphatic rings. The number of hydrogen-bond donors (Lipinski definition) is 1. The summed E-state index contributed by atoms with van der Waals surface area (Å²) in [5, 5.41) is 0. The molecule has 0 aliphatic carbocycles. The van der Waals surface area contributed by atoms with E-state index in [9.17, 15) is 0 Å². The van der Waals surface area contributed by atoms with Crippen LogP contribution in [0.1, 0.15) is 37.7 Å². The van der Waals surface area contributed by atoms with E-state index in [1.165, 1.54) is 5.56 Å². The van der Waals surface area contributed by atoms with Crippen molar-refractivity contribution in [3.8, 4) is 11.5 Å². The summed E-state index contributed by atoms with van der Waals surface area (Å²) in [5.74, 6) is 2.13. The van der Waals surface area contributed by atoms with Crippen molar-refractivity contribution >= 4 is 0 Å². The van der Waals surface area contributed by atoms with Crippen molar-refractivity contribution < 1.29 is 9.47 Å². The molecule has 1 heterocycles. The molecule has 1 saturated heterocycles. The highest BCUT2D eigenvalue weighted by atomic mass is 16.5. The first kappa shape index (κ1) is 16.1. The van der Waals surface area contributed by atoms with Gasteiger partial charge < -0.3 is 20.1 Å². The Labute approximate surface area is 128 Å². The van der Waals surface area contributed by atoms with Crippen molar-refractivity contribution in [2.24, 2.45) is 5.73 Å². The quantitative estimate of drug-likeness (QED) is 0.875. The first-order chi connectivity index (χ1) is 10.1. The van der Waals surface area contributed by atoms with Crippen molar-refractivity contribution in [2.45, 2.75) is 38.2 Å². The maximum absolute atomic E-state index is 6.21. The van der Waals surface area contributed by atoms with Gasteiger partial charge in [0.1, 0.15) is 6.10 Å². The fraction of sp³-hybridized carbons (Fsp3) is 0.647. The van der Waals surface area contributed by atoms with E-state index >= 15 is 0 Å². The largest absolute Gasteiger partial charge is 0.493 e. The molecule has 0 spiro atoms. The predicted octanol–water partition coefficient (Wildman–Crippen LogP) is 2.62. The van der Waals surface area contributed by atoms with Gasteiger partial charge in [0.05, 0.1) is 7.11 Å². The smallest absolute Gasteiger partial charge is 0.161 e. The summed E-state index contributed by atoms with van der Waals surface area (Å²) in [5.41, 5.74) is 6.93. The van der Waals surface area contributed by atoms with E-state index in [4.69, 9.17) is 15.2 Å². The summed E-state index contributed by atoms with van der Waals surface area (Å²) in [6.45, 7) is 5.10. The van der Waals surface area contributed by atoms with Crippen molar-refractivity contribution in [3.05, 3.63) is 23.8 Å². The molecule has 1 aromatic rings. The molecule has 1 aliphatic heterocycles. The number of piperidine rings is 1. The number of hydrogen-bond acceptors (Lipinski definition) is 4. The lowest BCUT2D eigenvalue weighted by atomic mass is 9.97. The number of ether oxygens (including phenoxy) is 2. The van der Waals surface area contributed by atoms with E-state index in [1.54, 1.807) is 7.11 Å². The molecule has 1 unspecified atom stereocenters. The molecule has 2 rings (SSSR count). The van der Waals surface area contributed by atoms with Crippen molar-refractivity contribution in [3.63, 3.8) is 0 Å². The monoisotopic (exact) mass is 292 g/mol. The van der Waals surface area contributed by atoms with Gasteiger partial charge in [-0.15, -0.1) is 0 Å². The molecule has 1 fully saturated rings. The third-order valence-electron chi connectivity index (χ3n) is 4.32. The highest BCUT2D eigenvalue weighted by molar-refractivity contribution is 5.44. The SMILES string of the molecule is COc1ccc(C(C)CCN)cc1OC1CCN(C)CC1. The van der Waals surface area contributed by atoms with Crippen LogP contribution in [0, 0.1) is 0 Å². The Morgan fingerprint density at radius 3 is 2.62 bits per heavy atom. The van der Waals surface area contributed by atoms with Crippen molar-refractivity contribution in [2.75, 3.05) is 33.8 Å². The second kappa shape index (κ2) is 7.66. The standard InChI is InChI=1S/C17H28N2O2/c1-13(6-9-18)14-4-5-16(20-3)17(12-14)21-15-7-10-19(2)11-8-15/h4-5,12-13,15H,6-11,18H2,1-3H3. The average Bonchev–Trinajstić information content (AvgIpc) is 2.50. The summed E-state index contributed by atoms with van der Waals surface area (Å²) in [6, 6.07) is 6.24. The molecule has 0 bridgehead atoms. The predicted molar refractivity (Wildman–Crippen MR) is 86.2 cm³/mol. The van der Waals surface area contributed by atoms with Crippen LogP contribution in [0.4, 0.5) is 0 Å². The van der Waals surface area contributed by atoms with E-state index < -0.39 is 0 Å². The fourth-order valence-electron chi connectivity index (χ4n) is 2.79. The van der Waals surface area contributed by atoms with Gasteiger partial charge in [0.15, 0.2) is 11.5 Å². The van der Waals surface area contributed by atoms with Crippen LogP contribution in [0.2, 0.25) is 0 Å². The third kappa shape index (κ3) is 4.35. The van der Waals surface area contributed by atoms with Crippen molar-refractivity contribution in [1.29, 1.82) is 0 Å². The molecule has 4 nitrogen and oxygen atoms in total. The summed E-state index contributed by atoms with van der Waals surface area (Å²) in [4.78, 5) is 2.34. The number of methoxy groups -OCH3 is 1. The fourth-order valence-corrected chi connectivity index (χ4v) is 2.79. The van der Waals surface area contributed by atoms with Gasteiger partial charge in [-0.3, -0.25) is 0 Å². The highest BCUT2D eigenvalue weighted by Crippen LogP contribution is 2.33. The van der Waals surface area contributed by atoms with Gasteiger partial charge in [-0.1, -0.05) is 13.0 Å². The highest BCUT2D eigenvalue weighted by Gasteiger charge is 2.20. The zero-order valence-electron chi connectivity index (χ0n) is 13.5. The van der Waals surface area contributed by atoms with Crippen LogP contribution in [0.25, 0.3) is 0 Å². The van der Waals surface area contributed by atoms with Crippen LogP contribution in [0.15, 0.2) is 18.2 Å². The maximum atomic E-state index is 6.21. The van der Waals surface area contributed by atoms with Crippen LogP contribution in [0.5, 0.6) is 11.5 Å². The van der Waals surface area contributed by atoms with Gasteiger partial charge in [-0.05, 0) is 56.5 Å². The Morgan fingerprint density at radius 1 is 1.29 bits per heavy atom. The molecule has 21 heavy (non-hydrogen) atoms. The van der Waals surface area contributed by atoms with Crippen LogP contribution in [-0.4, -0.2) is 44.8 Å². The molecule has 4 heteroatoms. The van der Waals surface area contributed by atoms with Crippen LogP contribution >= 0.6 is 0 Å². The van der Waals surface area contributed by atoms with Crippen LogP contribution in [0.3, 0.4) is 0 Å². The Bertz CT molecular complexity index is 442. The Balaban J connectivity index is 2.10. The van der Waals surface area contributed by atoms with Gasteiger partial charge >= 0.3 is 0 Å². The topological polar surface area (TPSA) is 47.7 Å². The molecule has 0 saturated carbocycles. The minimum absolute atomic E-state index is 0.287. The van der Waals surface area contributed by atoms with E-state index in [0.717, 1.165) is 43.9 Å². The van der Waals surface area contributed by atoms with Gasteiger partial charge in [0.25, 0.3) is 0 Å². The van der Waals surface area contributed by atoms with E-state index in [-0.39, 0.29) is 6.10 Å². The molecule has 0 amide bonds. The minimum Gasteiger partial charge on any atom is -0.493 e. The molecule has 2 N–H and O–H groups in total. The maximum Gasteiger partial charge on any atom is 0.161 e. The summed E-state index contributed by atoms with van der Waals surface area (Å²) in [7, 11) is 3.85. The number of nitrogens with two attached hydrogens (primary N) is 1. The molecular weight excluding hydrogens is 264 g/mol. The number of benzene rings is 1. The van der Waals surface area contributed by atoms with Gasteiger partial charge in [-0.25, -0.2) is 0 Å². The molecule has 118 valence electrons. The first-order valence-electron chi connectivity index (χ1n) is 7.87. The van der Waals surface area contributed by atoms with Gasteiger partial charge in [-0.2, -0.15) is 0 Å². The van der Waals surface area contributed by atoms with E-state index in [2.05, 4.69) is 31.0 Å². The molecule has 0 radical (unpaired) electrons. The van der Waals surface area contributed by atoms with Crippen LogP contribution in [-0.2, 0) is 0 Å². The zero-order valence-corrected chi connectivity index (χ0v) is 13.5. The number of likely N-dealkylation sites (tertiary alicyclic amines) is 1. The third-order valence-corrected chi connectivity index (χ3v) is 4.32. The molecule has 1 aromatic carbocycles. The summed E-state index contributed by atoms with van der Waals surface area (Å²) >= 11 is 0. The Morgan fingerprint density at radius 2 is 2.00 bits per heavy atom. The summed E-state index contributed by atoms with van der Waals surface area (Å²) < 4.78 is 11.7. The van der Waals surface area contributed by atoms with Gasteiger partial charge in [0.2, 0.25) is 0 Å². The number of rotatable bonds is 6. The second-order valence-electron chi connectivity index (χ2n) is 6.01. The first-order valence-corrected chi connectivity index (χ1v) is 7.87. The van der Waals surface area contributed by atoms with Crippen molar-refractivity contribution in [1.82, 2.24) is 4.90 Å². The lowest BCUT2D eigenvalue weighted by Crippen LogP contribution is -2.35. The number of nitrogens with zero attached hydrogens (tertiary/aromatic N) is 1. The van der Waals surface area contributed by atoms with E-state index in [1.807, 2.05) is 6.07 Å². The zero-order chi connectivity index (χ0) is 15.2. The molecule has 1 atom stereocenters. The average molecular weight is 292 g/mol. The lowest BCUT2D eigenvalue weighted by Gasteiger charge is -2.30. The molecule has 0 aromatic heterocycles. The normalized spacial score (nSPS) is 18.5. The minimum atomic E-state index is 0.287. The second-order valence-corrected chi connectivity index (χ2v) is 6.01. The Kier molecular flexibility index (Phi) is 5.88. The van der Waals surface area contributed by atoms with Gasteiger partial charge in [0, 0.05) is 13.1 Å². The summed E-state index contributed by atoms with van der Waals surface area (Å²) in [6.07, 6.45) is 3.42.